The summed E-state index contributed by atoms with van der Waals surface area (Å²) in [4.78, 5) is 7.11. The highest BCUT2D eigenvalue weighted by atomic mass is 16.5. The summed E-state index contributed by atoms with van der Waals surface area (Å²) < 4.78 is 7.77. The molecule has 0 bridgehead atoms. The van der Waals surface area contributed by atoms with Crippen LogP contribution in [0.5, 0.6) is 5.75 Å². The standard InChI is InChI=1S/C27H27N7O/c1-2-15-33(14-1)16-17-35-24-12-10-23(11-13-24)30-27-31-26-5-3-4-25(34(26)32-27)21-8-6-20(7-9-21)22-18-28-29-19-22/h3-13,18-19H,1-2,14-17H2,(H,28,29)(H,30,32). The minimum atomic E-state index is 0.551. The van der Waals surface area contributed by atoms with Gasteiger partial charge in [-0.15, -0.1) is 5.10 Å². The van der Waals surface area contributed by atoms with Gasteiger partial charge in [-0.3, -0.25) is 10.00 Å². The molecular formula is C27H27N7O. The van der Waals surface area contributed by atoms with Gasteiger partial charge in [-0.05, 0) is 67.9 Å². The maximum atomic E-state index is 5.91. The third-order valence-corrected chi connectivity index (χ3v) is 6.36. The molecule has 1 saturated heterocycles. The van der Waals surface area contributed by atoms with E-state index in [-0.39, 0.29) is 0 Å². The first-order valence-electron chi connectivity index (χ1n) is 12.0. The van der Waals surface area contributed by atoms with Crippen molar-refractivity contribution in [2.75, 3.05) is 31.6 Å². The Bertz CT molecular complexity index is 1390. The Morgan fingerprint density at radius 1 is 0.886 bits per heavy atom. The lowest BCUT2D eigenvalue weighted by molar-refractivity contribution is 0.238. The second kappa shape index (κ2) is 9.60. The molecule has 0 atom stereocenters. The molecule has 35 heavy (non-hydrogen) atoms. The van der Waals surface area contributed by atoms with Gasteiger partial charge in [0.25, 0.3) is 0 Å². The number of fused-ring (bicyclic) bond motifs is 1. The molecule has 0 amide bonds. The van der Waals surface area contributed by atoms with Gasteiger partial charge in [0.15, 0.2) is 5.65 Å². The van der Waals surface area contributed by atoms with Gasteiger partial charge >= 0.3 is 0 Å². The van der Waals surface area contributed by atoms with Crippen molar-refractivity contribution in [2.24, 2.45) is 0 Å². The van der Waals surface area contributed by atoms with E-state index in [1.54, 1.807) is 0 Å². The summed E-state index contributed by atoms with van der Waals surface area (Å²) in [6.07, 6.45) is 6.31. The molecule has 4 heterocycles. The maximum Gasteiger partial charge on any atom is 0.247 e. The van der Waals surface area contributed by atoms with Crippen LogP contribution in [0.4, 0.5) is 11.6 Å². The van der Waals surface area contributed by atoms with Gasteiger partial charge in [-0.25, -0.2) is 4.52 Å². The molecule has 5 aromatic rings. The van der Waals surface area contributed by atoms with E-state index in [0.29, 0.717) is 12.6 Å². The average molecular weight is 466 g/mol. The molecule has 1 aliphatic heterocycles. The molecule has 0 saturated carbocycles. The van der Waals surface area contributed by atoms with E-state index in [1.807, 2.05) is 59.4 Å². The van der Waals surface area contributed by atoms with E-state index in [4.69, 9.17) is 9.84 Å². The first-order chi connectivity index (χ1) is 17.3. The lowest BCUT2D eigenvalue weighted by atomic mass is 10.1. The SMILES string of the molecule is c1cc(-c2ccc(-c3cn[nH]c3)cc2)n2nc(Nc3ccc(OCCN4CCCC4)cc3)nc2c1. The van der Waals surface area contributed by atoms with Crippen molar-refractivity contribution in [2.45, 2.75) is 12.8 Å². The predicted molar refractivity (Wildman–Crippen MR) is 137 cm³/mol. The normalized spacial score (nSPS) is 13.9. The van der Waals surface area contributed by atoms with Gasteiger partial charge in [-0.2, -0.15) is 10.1 Å². The van der Waals surface area contributed by atoms with Gasteiger partial charge in [-0.1, -0.05) is 30.3 Å². The van der Waals surface area contributed by atoms with Crippen molar-refractivity contribution >= 4 is 17.3 Å². The minimum absolute atomic E-state index is 0.551. The maximum absolute atomic E-state index is 5.91. The quantitative estimate of drug-likeness (QED) is 0.335. The highest BCUT2D eigenvalue weighted by molar-refractivity contribution is 5.70. The summed E-state index contributed by atoms with van der Waals surface area (Å²) in [5.74, 6) is 1.43. The van der Waals surface area contributed by atoms with Crippen molar-refractivity contribution in [3.05, 3.63) is 79.1 Å². The number of hydrogen-bond acceptors (Lipinski definition) is 6. The molecule has 1 aliphatic rings. The smallest absolute Gasteiger partial charge is 0.247 e. The lowest BCUT2D eigenvalue weighted by Crippen LogP contribution is -2.25. The molecule has 0 unspecified atom stereocenters. The summed E-state index contributed by atoms with van der Waals surface area (Å²) >= 11 is 0. The summed E-state index contributed by atoms with van der Waals surface area (Å²) in [7, 11) is 0. The number of ether oxygens (including phenoxy) is 1. The fraction of sp³-hybridized carbons (Fsp3) is 0.222. The molecule has 8 heteroatoms. The van der Waals surface area contributed by atoms with Crippen LogP contribution in [-0.4, -0.2) is 55.9 Å². The van der Waals surface area contributed by atoms with E-state index >= 15 is 0 Å². The molecule has 2 aromatic carbocycles. The van der Waals surface area contributed by atoms with Gasteiger partial charge in [0.05, 0.1) is 11.9 Å². The van der Waals surface area contributed by atoms with Gasteiger partial charge in [0.1, 0.15) is 12.4 Å². The first kappa shape index (κ1) is 21.4. The van der Waals surface area contributed by atoms with Crippen LogP contribution < -0.4 is 10.1 Å². The number of likely N-dealkylation sites (tertiary alicyclic amines) is 1. The number of nitrogens with zero attached hydrogens (tertiary/aromatic N) is 5. The van der Waals surface area contributed by atoms with E-state index in [9.17, 15) is 0 Å². The van der Waals surface area contributed by atoms with Crippen molar-refractivity contribution in [3.63, 3.8) is 0 Å². The molecule has 0 aliphatic carbocycles. The Hall–Kier alpha value is -4.17. The number of rotatable bonds is 8. The monoisotopic (exact) mass is 465 g/mol. The number of benzene rings is 2. The fourth-order valence-corrected chi connectivity index (χ4v) is 4.48. The van der Waals surface area contributed by atoms with Crippen molar-refractivity contribution in [1.29, 1.82) is 0 Å². The molecular weight excluding hydrogens is 438 g/mol. The number of pyridine rings is 1. The van der Waals surface area contributed by atoms with Gasteiger partial charge in [0.2, 0.25) is 5.95 Å². The molecule has 3 aromatic heterocycles. The third kappa shape index (κ3) is 4.74. The number of H-pyrrole nitrogens is 1. The van der Waals surface area contributed by atoms with Crippen molar-refractivity contribution in [1.82, 2.24) is 29.7 Å². The predicted octanol–water partition coefficient (Wildman–Crippen LogP) is 5.00. The van der Waals surface area contributed by atoms with Crippen LogP contribution in [0.25, 0.3) is 28.0 Å². The Balaban J connectivity index is 1.15. The zero-order valence-electron chi connectivity index (χ0n) is 19.4. The lowest BCUT2D eigenvalue weighted by Gasteiger charge is -2.15. The Kier molecular flexibility index (Phi) is 5.86. The van der Waals surface area contributed by atoms with Crippen molar-refractivity contribution < 1.29 is 4.74 Å². The Labute approximate surface area is 203 Å². The fourth-order valence-electron chi connectivity index (χ4n) is 4.48. The van der Waals surface area contributed by atoms with Crippen LogP contribution in [0.2, 0.25) is 0 Å². The third-order valence-electron chi connectivity index (χ3n) is 6.36. The number of aromatic amines is 1. The largest absolute Gasteiger partial charge is 0.492 e. The summed E-state index contributed by atoms with van der Waals surface area (Å²) in [6, 6.07) is 22.3. The molecule has 0 radical (unpaired) electrons. The zero-order valence-corrected chi connectivity index (χ0v) is 19.4. The van der Waals surface area contributed by atoms with Crippen LogP contribution in [-0.2, 0) is 0 Å². The van der Waals surface area contributed by atoms with E-state index in [0.717, 1.165) is 46.0 Å². The number of nitrogens with one attached hydrogen (secondary N) is 2. The first-order valence-corrected chi connectivity index (χ1v) is 12.0. The minimum Gasteiger partial charge on any atom is -0.492 e. The molecule has 176 valence electrons. The van der Waals surface area contributed by atoms with Gasteiger partial charge < -0.3 is 10.1 Å². The van der Waals surface area contributed by atoms with Crippen LogP contribution >= 0.6 is 0 Å². The highest BCUT2D eigenvalue weighted by Crippen LogP contribution is 2.26. The Morgan fingerprint density at radius 2 is 1.69 bits per heavy atom. The summed E-state index contributed by atoms with van der Waals surface area (Å²) in [5.41, 5.74) is 5.91. The number of anilines is 2. The second-order valence-electron chi connectivity index (χ2n) is 8.73. The average Bonchev–Trinajstić information content (AvgIpc) is 3.67. The van der Waals surface area contributed by atoms with Crippen LogP contribution in [0.15, 0.2) is 79.1 Å². The summed E-state index contributed by atoms with van der Waals surface area (Å²) in [5, 5.41) is 14.9. The van der Waals surface area contributed by atoms with Gasteiger partial charge in [0, 0.05) is 29.6 Å². The number of hydrogen-bond donors (Lipinski definition) is 2. The van der Waals surface area contributed by atoms with E-state index < -0.39 is 0 Å². The topological polar surface area (TPSA) is 83.4 Å². The highest BCUT2D eigenvalue weighted by Gasteiger charge is 2.12. The zero-order chi connectivity index (χ0) is 23.5. The molecule has 6 rings (SSSR count). The summed E-state index contributed by atoms with van der Waals surface area (Å²) in [6.45, 7) is 4.08. The molecule has 8 nitrogen and oxygen atoms in total. The Morgan fingerprint density at radius 3 is 2.46 bits per heavy atom. The molecule has 2 N–H and O–H groups in total. The van der Waals surface area contributed by atoms with Crippen molar-refractivity contribution in [3.8, 4) is 28.1 Å². The number of aromatic nitrogens is 5. The van der Waals surface area contributed by atoms with E-state index in [2.05, 4.69) is 49.7 Å². The van der Waals surface area contributed by atoms with Crippen LogP contribution in [0.3, 0.4) is 0 Å². The van der Waals surface area contributed by atoms with Crippen LogP contribution in [0.1, 0.15) is 12.8 Å². The molecule has 0 spiro atoms. The molecule has 1 fully saturated rings. The van der Waals surface area contributed by atoms with E-state index in [1.165, 1.54) is 25.9 Å². The van der Waals surface area contributed by atoms with Crippen LogP contribution in [0, 0.1) is 0 Å². The second-order valence-corrected chi connectivity index (χ2v) is 8.73.